The van der Waals surface area contributed by atoms with E-state index in [4.69, 9.17) is 42.1 Å². The van der Waals surface area contributed by atoms with Crippen molar-refractivity contribution in [2.24, 2.45) is 4.99 Å². The van der Waals surface area contributed by atoms with Gasteiger partial charge in [-0.1, -0.05) is 46.7 Å². The molecule has 1 aliphatic rings. The van der Waals surface area contributed by atoms with Crippen molar-refractivity contribution in [1.29, 1.82) is 0 Å². The molecule has 0 fully saturated rings. The van der Waals surface area contributed by atoms with Crippen LogP contribution in [0.3, 0.4) is 0 Å². The van der Waals surface area contributed by atoms with Crippen LogP contribution in [0.5, 0.6) is 17.2 Å². The zero-order valence-corrected chi connectivity index (χ0v) is 32.7. The third-order valence-corrected chi connectivity index (χ3v) is 10.4. The van der Waals surface area contributed by atoms with Crippen molar-refractivity contribution >= 4 is 91.8 Å². The summed E-state index contributed by atoms with van der Waals surface area (Å²) in [7, 11) is 1.55. The predicted octanol–water partition coefficient (Wildman–Crippen LogP) is 7.69. The van der Waals surface area contributed by atoms with Gasteiger partial charge in [0.25, 0.3) is 5.56 Å². The number of fused-ring (bicyclic) bond motifs is 1. The smallest absolute Gasteiger partial charge is 0.338 e. The number of esters is 1. The molecule has 47 heavy (non-hydrogen) atoms. The van der Waals surface area contributed by atoms with Crippen LogP contribution in [0.1, 0.15) is 50.4 Å². The van der Waals surface area contributed by atoms with Crippen molar-refractivity contribution in [3.05, 3.63) is 113 Å². The van der Waals surface area contributed by atoms with Gasteiger partial charge in [-0.2, -0.15) is 0 Å². The maximum atomic E-state index is 14.2. The van der Waals surface area contributed by atoms with Gasteiger partial charge in [0.15, 0.2) is 16.3 Å². The Hall–Kier alpha value is -2.59. The van der Waals surface area contributed by atoms with Crippen LogP contribution < -0.4 is 29.1 Å². The van der Waals surface area contributed by atoms with Gasteiger partial charge in [-0.3, -0.25) is 9.36 Å². The van der Waals surface area contributed by atoms with E-state index in [0.29, 0.717) is 48.7 Å². The predicted molar refractivity (Wildman–Crippen MR) is 202 cm³/mol. The van der Waals surface area contributed by atoms with Gasteiger partial charge < -0.3 is 18.9 Å². The molecule has 4 aromatic rings. The lowest BCUT2D eigenvalue weighted by Gasteiger charge is -2.25. The number of ether oxygens (including phenoxy) is 4. The van der Waals surface area contributed by atoms with Crippen LogP contribution in [-0.4, -0.2) is 30.4 Å². The van der Waals surface area contributed by atoms with E-state index in [1.165, 1.54) is 11.3 Å². The zero-order chi connectivity index (χ0) is 34.0. The summed E-state index contributed by atoms with van der Waals surface area (Å²) in [5, 5.41) is 0.957. The van der Waals surface area contributed by atoms with E-state index in [1.54, 1.807) is 49.8 Å². The van der Waals surface area contributed by atoms with Crippen molar-refractivity contribution in [3.63, 3.8) is 0 Å². The van der Waals surface area contributed by atoms with Crippen LogP contribution in [0.2, 0.25) is 10.0 Å². The molecule has 0 saturated heterocycles. The topological polar surface area (TPSA) is 88.4 Å². The monoisotopic (exact) mass is 918 g/mol. The summed E-state index contributed by atoms with van der Waals surface area (Å²) < 4.78 is 26.9. The van der Waals surface area contributed by atoms with E-state index in [0.717, 1.165) is 24.0 Å². The summed E-state index contributed by atoms with van der Waals surface area (Å²) in [4.78, 5) is 32.6. The number of carbonyl (C=O) groups excluding carboxylic acids is 1. The number of hydrogen-bond donors (Lipinski definition) is 0. The lowest BCUT2D eigenvalue weighted by Crippen LogP contribution is -2.40. The van der Waals surface area contributed by atoms with Crippen LogP contribution in [0.15, 0.2) is 69.6 Å². The fraction of sp³-hybridized carbons (Fsp3) is 0.265. The highest BCUT2D eigenvalue weighted by Gasteiger charge is 2.34. The molecular weight excluding hydrogens is 889 g/mol. The van der Waals surface area contributed by atoms with E-state index in [1.807, 2.05) is 44.2 Å². The Labute approximate surface area is 313 Å². The van der Waals surface area contributed by atoms with Crippen LogP contribution in [0, 0.1) is 7.14 Å². The molecule has 0 unspecified atom stereocenters. The number of allylic oxidation sites excluding steroid dienone is 1. The molecule has 0 radical (unpaired) electrons. The Morgan fingerprint density at radius 1 is 1.06 bits per heavy atom. The number of hydrogen-bond acceptors (Lipinski definition) is 8. The van der Waals surface area contributed by atoms with Gasteiger partial charge >= 0.3 is 5.97 Å². The minimum absolute atomic E-state index is 0.0704. The highest BCUT2D eigenvalue weighted by molar-refractivity contribution is 14.1. The number of nitrogens with zero attached hydrogens (tertiary/aromatic N) is 2. The summed E-state index contributed by atoms with van der Waals surface area (Å²) in [5.41, 5.74) is 2.87. The molecule has 0 bridgehead atoms. The fourth-order valence-corrected chi connectivity index (χ4v) is 8.54. The van der Waals surface area contributed by atoms with E-state index in [9.17, 15) is 9.59 Å². The number of thiazole rings is 1. The Bertz CT molecular complexity index is 2050. The molecular formula is C34H30Cl2I2N2O6S. The number of benzene rings is 3. The third kappa shape index (κ3) is 7.85. The third-order valence-electron chi connectivity index (χ3n) is 7.07. The van der Waals surface area contributed by atoms with Gasteiger partial charge in [0.2, 0.25) is 0 Å². The van der Waals surface area contributed by atoms with Gasteiger partial charge in [0.1, 0.15) is 12.4 Å². The van der Waals surface area contributed by atoms with Gasteiger partial charge in [0, 0.05) is 0 Å². The first kappa shape index (κ1) is 35.7. The molecule has 1 aliphatic heterocycles. The highest BCUT2D eigenvalue weighted by atomic mass is 127. The highest BCUT2D eigenvalue weighted by Crippen LogP contribution is 2.37. The Morgan fingerprint density at radius 3 is 2.43 bits per heavy atom. The average molecular weight is 919 g/mol. The largest absolute Gasteiger partial charge is 0.493 e. The lowest BCUT2D eigenvalue weighted by molar-refractivity contribution is -0.139. The first-order valence-electron chi connectivity index (χ1n) is 14.5. The van der Waals surface area contributed by atoms with Crippen molar-refractivity contribution in [2.45, 2.75) is 46.4 Å². The number of rotatable bonds is 10. The molecule has 0 N–H and O–H groups in total. The SMILES string of the molecule is CCOC(=O)C1=C(C)N=c2s/c(=C/c3cc(I)c(OCc4ccc(Cl)c(Cl)c4)c(I)c3)c(=O)n2[C@@H]1c1ccc(OC(C)C)c(OC)c1. The van der Waals surface area contributed by atoms with Gasteiger partial charge in [-0.15, -0.1) is 0 Å². The molecule has 0 saturated carbocycles. The molecule has 0 aliphatic carbocycles. The van der Waals surface area contributed by atoms with E-state index < -0.39 is 12.0 Å². The van der Waals surface area contributed by atoms with Crippen LogP contribution in [0.4, 0.5) is 0 Å². The maximum absolute atomic E-state index is 14.2. The maximum Gasteiger partial charge on any atom is 0.338 e. The van der Waals surface area contributed by atoms with Crippen LogP contribution in [-0.2, 0) is 16.1 Å². The first-order valence-corrected chi connectivity index (χ1v) is 18.2. The molecule has 3 aromatic carbocycles. The fourth-order valence-electron chi connectivity index (χ4n) is 5.05. The minimum Gasteiger partial charge on any atom is -0.493 e. The second-order valence-electron chi connectivity index (χ2n) is 10.7. The van der Waals surface area contributed by atoms with E-state index in [-0.39, 0.29) is 23.8 Å². The van der Waals surface area contributed by atoms with Crippen molar-refractivity contribution in [1.82, 2.24) is 4.57 Å². The Balaban J connectivity index is 1.56. The summed E-state index contributed by atoms with van der Waals surface area (Å²) in [6.45, 7) is 7.85. The lowest BCUT2D eigenvalue weighted by atomic mass is 9.95. The minimum atomic E-state index is -0.785. The zero-order valence-electron chi connectivity index (χ0n) is 26.0. The number of carbonyl (C=O) groups is 1. The quantitative estimate of drug-likeness (QED) is 0.120. The van der Waals surface area contributed by atoms with Crippen molar-refractivity contribution < 1.29 is 23.7 Å². The molecule has 2 heterocycles. The second-order valence-corrected chi connectivity index (χ2v) is 14.9. The molecule has 0 spiro atoms. The van der Waals surface area contributed by atoms with Crippen LogP contribution in [0.25, 0.3) is 6.08 Å². The van der Waals surface area contributed by atoms with Crippen molar-refractivity contribution in [3.8, 4) is 17.2 Å². The number of aromatic nitrogens is 1. The molecule has 5 rings (SSSR count). The molecule has 246 valence electrons. The van der Waals surface area contributed by atoms with Gasteiger partial charge in [-0.25, -0.2) is 9.79 Å². The Morgan fingerprint density at radius 2 is 1.79 bits per heavy atom. The Kier molecular flexibility index (Phi) is 11.6. The number of halogens is 4. The molecule has 8 nitrogen and oxygen atoms in total. The second kappa shape index (κ2) is 15.3. The van der Waals surface area contributed by atoms with Crippen molar-refractivity contribution in [2.75, 3.05) is 13.7 Å². The van der Waals surface area contributed by atoms with Crippen LogP contribution >= 0.6 is 79.7 Å². The van der Waals surface area contributed by atoms with Gasteiger partial charge in [-0.05, 0) is 132 Å². The summed E-state index contributed by atoms with van der Waals surface area (Å²) in [6, 6.07) is 13.9. The van der Waals surface area contributed by atoms with E-state index >= 15 is 0 Å². The average Bonchev–Trinajstić information content (AvgIpc) is 3.31. The summed E-state index contributed by atoms with van der Waals surface area (Å²) in [5.74, 6) is 1.24. The van der Waals surface area contributed by atoms with E-state index in [2.05, 4.69) is 50.2 Å². The summed E-state index contributed by atoms with van der Waals surface area (Å²) >= 11 is 17.9. The molecule has 13 heteroatoms. The number of methoxy groups -OCH3 is 1. The normalized spacial score (nSPS) is 14.6. The standard InChI is InChI=1S/C34H30Cl2I2N2O6S/c1-6-44-33(42)29-18(4)39-34-40(30(29)21-8-10-26(46-17(2)3)27(15-21)43-5)32(41)28(47-34)14-20-12-24(37)31(25(38)13-20)45-16-19-7-9-22(35)23(36)11-19/h7-15,17,30H,6,16H2,1-5H3/b28-14+/t30-/m1/s1. The van der Waals surface area contributed by atoms with Gasteiger partial charge in [0.05, 0.1) is 58.9 Å². The molecule has 1 aromatic heterocycles. The molecule has 1 atom stereocenters. The first-order chi connectivity index (χ1) is 22.4. The summed E-state index contributed by atoms with van der Waals surface area (Å²) in [6.07, 6.45) is 1.76. The molecule has 0 amide bonds.